The first kappa shape index (κ1) is 21.8. The van der Waals surface area contributed by atoms with E-state index in [0.29, 0.717) is 28.0 Å². The van der Waals surface area contributed by atoms with Crippen molar-refractivity contribution in [3.63, 3.8) is 0 Å². The predicted octanol–water partition coefficient (Wildman–Crippen LogP) is 5.61. The van der Waals surface area contributed by atoms with E-state index in [1.54, 1.807) is 47.7 Å². The number of hydrogen-bond donors (Lipinski definition) is 2. The Hall–Kier alpha value is -3.03. The maximum atomic E-state index is 13.0. The van der Waals surface area contributed by atoms with Gasteiger partial charge in [0.1, 0.15) is 11.2 Å². The Morgan fingerprint density at radius 2 is 1.91 bits per heavy atom. The number of halogens is 1. The quantitative estimate of drug-likeness (QED) is 0.373. The molecule has 1 aromatic heterocycles. The monoisotopic (exact) mass is 482 g/mol. The second kappa shape index (κ2) is 8.72. The summed E-state index contributed by atoms with van der Waals surface area (Å²) in [6, 6.07) is 11.7. The van der Waals surface area contributed by atoms with Gasteiger partial charge in [-0.2, -0.15) is 0 Å². The fraction of sp³-hybridized carbons (Fsp3) is 0.280. The van der Waals surface area contributed by atoms with Crippen molar-refractivity contribution in [1.82, 2.24) is 5.32 Å². The molecule has 33 heavy (non-hydrogen) atoms. The smallest absolute Gasteiger partial charge is 0.343 e. The minimum atomic E-state index is -0.509. The summed E-state index contributed by atoms with van der Waals surface area (Å²) < 4.78 is 11.0. The fourth-order valence-electron chi connectivity index (χ4n) is 4.32. The third kappa shape index (κ3) is 4.18. The topological polar surface area (TPSA) is 76.7 Å². The molecule has 1 amide bonds. The first-order valence-electron chi connectivity index (χ1n) is 10.8. The van der Waals surface area contributed by atoms with Crippen molar-refractivity contribution in [1.29, 1.82) is 0 Å². The number of amides is 1. The summed E-state index contributed by atoms with van der Waals surface area (Å²) in [7, 11) is 1.51. The van der Waals surface area contributed by atoms with Gasteiger partial charge in [0.05, 0.1) is 18.2 Å². The van der Waals surface area contributed by atoms with Crippen molar-refractivity contribution in [3.8, 4) is 11.5 Å². The number of esters is 1. The number of rotatable bonds is 4. The van der Waals surface area contributed by atoms with Crippen LogP contribution in [0.2, 0.25) is 5.02 Å². The Bertz CT molecular complexity index is 1240. The number of carbonyl (C=O) groups excluding carboxylic acids is 2. The second-order valence-corrected chi connectivity index (χ2v) is 9.96. The Labute approximate surface area is 200 Å². The molecule has 0 saturated heterocycles. The molecule has 2 aromatic carbocycles. The first-order valence-corrected chi connectivity index (χ1v) is 12.0. The third-order valence-electron chi connectivity index (χ3n) is 6.09. The molecule has 0 spiro atoms. The van der Waals surface area contributed by atoms with Crippen molar-refractivity contribution >= 4 is 39.8 Å². The van der Waals surface area contributed by atoms with E-state index in [1.165, 1.54) is 17.6 Å². The second-order valence-electron chi connectivity index (χ2n) is 8.41. The van der Waals surface area contributed by atoms with E-state index in [0.717, 1.165) is 35.4 Å². The van der Waals surface area contributed by atoms with E-state index >= 15 is 0 Å². The summed E-state index contributed by atoms with van der Waals surface area (Å²) in [4.78, 5) is 26.8. The molecule has 2 heterocycles. The van der Waals surface area contributed by atoms with Gasteiger partial charge in [0, 0.05) is 9.90 Å². The lowest BCUT2D eigenvalue weighted by molar-refractivity contribution is 0.0729. The molecule has 2 atom stereocenters. The van der Waals surface area contributed by atoms with E-state index in [9.17, 15) is 9.59 Å². The molecule has 0 saturated carbocycles. The van der Waals surface area contributed by atoms with Crippen LogP contribution in [-0.2, 0) is 12.8 Å². The molecule has 0 radical (unpaired) electrons. The summed E-state index contributed by atoms with van der Waals surface area (Å²) >= 11 is 7.57. The van der Waals surface area contributed by atoms with Gasteiger partial charge >= 0.3 is 5.97 Å². The highest BCUT2D eigenvalue weighted by molar-refractivity contribution is 7.16. The minimum Gasteiger partial charge on any atom is -0.493 e. The number of benzene rings is 2. The fourth-order valence-corrected chi connectivity index (χ4v) is 5.88. The number of methoxy groups -OCH3 is 1. The maximum Gasteiger partial charge on any atom is 0.343 e. The van der Waals surface area contributed by atoms with E-state index in [1.807, 2.05) is 6.07 Å². The van der Waals surface area contributed by atoms with Gasteiger partial charge in [0.25, 0.3) is 5.91 Å². The van der Waals surface area contributed by atoms with Crippen molar-refractivity contribution < 1.29 is 19.1 Å². The molecule has 6 nitrogen and oxygen atoms in total. The van der Waals surface area contributed by atoms with Gasteiger partial charge in [-0.15, -0.1) is 11.3 Å². The highest BCUT2D eigenvalue weighted by atomic mass is 35.5. The first-order chi connectivity index (χ1) is 15.9. The van der Waals surface area contributed by atoms with Crippen LogP contribution in [0, 0.1) is 5.92 Å². The molecule has 5 rings (SSSR count). The average Bonchev–Trinajstić information content (AvgIpc) is 3.17. The number of nitrogens with one attached hydrogen (secondary N) is 2. The highest BCUT2D eigenvalue weighted by Gasteiger charge is 2.33. The molecule has 3 aromatic rings. The molecule has 8 heteroatoms. The van der Waals surface area contributed by atoms with Crippen LogP contribution in [0.5, 0.6) is 11.5 Å². The number of fused-ring (bicyclic) bond motifs is 3. The van der Waals surface area contributed by atoms with Crippen LogP contribution in [0.15, 0.2) is 42.5 Å². The Morgan fingerprint density at radius 1 is 1.12 bits per heavy atom. The lowest BCUT2D eigenvalue weighted by atomic mass is 9.88. The van der Waals surface area contributed by atoms with Gasteiger partial charge in [-0.1, -0.05) is 24.6 Å². The predicted molar refractivity (Wildman–Crippen MR) is 129 cm³/mol. The number of anilines is 1. The SMILES string of the molecule is COc1cc(C2NC(=O)c3c(sc4c3CCC(C)C4)N2)ccc1OC(=O)c1ccc(Cl)cc1. The maximum absolute atomic E-state index is 13.0. The van der Waals surface area contributed by atoms with Crippen LogP contribution in [-0.4, -0.2) is 19.0 Å². The molecule has 2 unspecified atom stereocenters. The number of thiophene rings is 1. The molecule has 1 aliphatic carbocycles. The van der Waals surface area contributed by atoms with Crippen LogP contribution < -0.4 is 20.1 Å². The number of carbonyl (C=O) groups is 2. The Morgan fingerprint density at radius 3 is 2.67 bits per heavy atom. The Balaban J connectivity index is 1.38. The molecule has 0 bridgehead atoms. The van der Waals surface area contributed by atoms with Crippen LogP contribution >= 0.6 is 22.9 Å². The van der Waals surface area contributed by atoms with Crippen LogP contribution in [0.25, 0.3) is 0 Å². The molecule has 0 fully saturated rings. The minimum absolute atomic E-state index is 0.0574. The van der Waals surface area contributed by atoms with Crippen molar-refractivity contribution in [2.45, 2.75) is 32.4 Å². The molecule has 1 aliphatic heterocycles. The van der Waals surface area contributed by atoms with Gasteiger partial charge in [0.2, 0.25) is 0 Å². The standard InChI is InChI=1S/C25H23ClN2O4S/c1-13-3-9-17-20(11-13)33-24-21(17)23(29)27-22(28-24)15-6-10-18(19(12-15)31-2)32-25(30)14-4-7-16(26)8-5-14/h4-8,10,12-13,22,28H,3,9,11H2,1-2H3,(H,27,29). The number of hydrogen-bond acceptors (Lipinski definition) is 6. The van der Waals surface area contributed by atoms with Gasteiger partial charge in [-0.05, 0) is 72.7 Å². The Kier molecular flexibility index (Phi) is 5.76. The van der Waals surface area contributed by atoms with Crippen LogP contribution in [0.3, 0.4) is 0 Å². The zero-order chi connectivity index (χ0) is 23.1. The zero-order valence-corrected chi connectivity index (χ0v) is 19.8. The van der Waals surface area contributed by atoms with E-state index in [-0.39, 0.29) is 5.91 Å². The summed E-state index contributed by atoms with van der Waals surface area (Å²) in [6.07, 6.45) is 2.68. The average molecular weight is 483 g/mol. The molecule has 170 valence electrons. The molecule has 2 N–H and O–H groups in total. The highest BCUT2D eigenvalue weighted by Crippen LogP contribution is 2.43. The summed E-state index contributed by atoms with van der Waals surface area (Å²) in [5.41, 5.74) is 3.17. The molecular formula is C25H23ClN2O4S. The normalized spacial score (nSPS) is 19.1. The van der Waals surface area contributed by atoms with E-state index in [4.69, 9.17) is 21.1 Å². The lowest BCUT2D eigenvalue weighted by Crippen LogP contribution is -2.38. The molecular weight excluding hydrogens is 460 g/mol. The van der Waals surface area contributed by atoms with Crippen molar-refractivity contribution in [3.05, 3.63) is 74.6 Å². The van der Waals surface area contributed by atoms with Crippen LogP contribution in [0.1, 0.15) is 56.2 Å². The number of ether oxygens (including phenoxy) is 2. The van der Waals surface area contributed by atoms with Gasteiger partial charge < -0.3 is 20.1 Å². The van der Waals surface area contributed by atoms with Crippen molar-refractivity contribution in [2.24, 2.45) is 5.92 Å². The molecule has 2 aliphatic rings. The summed E-state index contributed by atoms with van der Waals surface area (Å²) in [5, 5.41) is 7.99. The largest absolute Gasteiger partial charge is 0.493 e. The van der Waals surface area contributed by atoms with E-state index in [2.05, 4.69) is 17.6 Å². The van der Waals surface area contributed by atoms with Gasteiger partial charge in [0.15, 0.2) is 11.5 Å². The summed E-state index contributed by atoms with van der Waals surface area (Å²) in [5.74, 6) is 0.771. The van der Waals surface area contributed by atoms with Crippen LogP contribution in [0.4, 0.5) is 5.00 Å². The zero-order valence-electron chi connectivity index (χ0n) is 18.2. The third-order valence-corrected chi connectivity index (χ3v) is 7.53. The van der Waals surface area contributed by atoms with Gasteiger partial charge in [-0.25, -0.2) is 4.79 Å². The van der Waals surface area contributed by atoms with Gasteiger partial charge in [-0.3, -0.25) is 4.79 Å². The lowest BCUT2D eigenvalue weighted by Gasteiger charge is -2.27. The van der Waals surface area contributed by atoms with E-state index < -0.39 is 12.1 Å². The van der Waals surface area contributed by atoms with Crippen molar-refractivity contribution in [2.75, 3.05) is 12.4 Å². The summed E-state index contributed by atoms with van der Waals surface area (Å²) in [6.45, 7) is 2.26.